The van der Waals surface area contributed by atoms with Gasteiger partial charge in [-0.05, 0) is 48.8 Å². The Kier molecular flexibility index (Phi) is 10.0. The lowest BCUT2D eigenvalue weighted by Gasteiger charge is -2.18. The number of imidazole rings is 1. The van der Waals surface area contributed by atoms with Crippen LogP contribution < -0.4 is 5.32 Å². The summed E-state index contributed by atoms with van der Waals surface area (Å²) in [5.74, 6) is 0.741. The Bertz CT molecular complexity index is 1320. The average molecular weight is 504 g/mol. The second kappa shape index (κ2) is 13.2. The molecule has 0 unspecified atom stereocenters. The fourth-order valence-electron chi connectivity index (χ4n) is 4.58. The number of carboxylic acid groups (broad SMARTS) is 1. The molecule has 4 rings (SSSR count). The first-order valence-electron chi connectivity index (χ1n) is 13.5. The molecule has 0 radical (unpaired) electrons. The molecule has 0 atom stereocenters. The average Bonchev–Trinajstić information content (AvgIpc) is 3.29. The van der Waals surface area contributed by atoms with Gasteiger partial charge in [0.1, 0.15) is 11.3 Å². The van der Waals surface area contributed by atoms with Gasteiger partial charge in [0.15, 0.2) is 5.82 Å². The van der Waals surface area contributed by atoms with Gasteiger partial charge in [0, 0.05) is 31.9 Å². The van der Waals surface area contributed by atoms with Crippen LogP contribution in [0.1, 0.15) is 74.8 Å². The molecule has 0 aliphatic heterocycles. The Balaban J connectivity index is 0.00000186. The van der Waals surface area contributed by atoms with Crippen LogP contribution in [0.3, 0.4) is 0 Å². The molecule has 0 saturated carbocycles. The number of hydrogen-bond donors (Lipinski definition) is 2. The van der Waals surface area contributed by atoms with Crippen molar-refractivity contribution in [1.82, 2.24) is 19.4 Å². The SMILES string of the molecule is CC.CCCCc1nc2c(NC)nc3cc(C(=O)O)ccc3c2n1Cc1ccc(CN(CC)CC)cc1. The Morgan fingerprint density at radius 3 is 2.27 bits per heavy atom. The van der Waals surface area contributed by atoms with Crippen molar-refractivity contribution in [3.8, 4) is 0 Å². The predicted molar refractivity (Wildman–Crippen MR) is 154 cm³/mol. The lowest BCUT2D eigenvalue weighted by Crippen LogP contribution is -2.22. The first-order chi connectivity index (χ1) is 18.0. The fourth-order valence-corrected chi connectivity index (χ4v) is 4.58. The van der Waals surface area contributed by atoms with Crippen LogP contribution in [-0.4, -0.2) is 50.6 Å². The monoisotopic (exact) mass is 503 g/mol. The molecule has 2 N–H and O–H groups in total. The van der Waals surface area contributed by atoms with Crippen LogP contribution in [0.5, 0.6) is 0 Å². The highest BCUT2D eigenvalue weighted by molar-refractivity contribution is 6.08. The smallest absolute Gasteiger partial charge is 0.335 e. The van der Waals surface area contributed by atoms with E-state index in [1.807, 2.05) is 27.0 Å². The van der Waals surface area contributed by atoms with E-state index in [2.05, 4.69) is 59.8 Å². The van der Waals surface area contributed by atoms with Gasteiger partial charge in [0.25, 0.3) is 0 Å². The third-order valence-electron chi connectivity index (χ3n) is 6.66. The summed E-state index contributed by atoms with van der Waals surface area (Å²) in [6.07, 6.45) is 3.02. The zero-order valence-electron chi connectivity index (χ0n) is 23.1. The van der Waals surface area contributed by atoms with Crippen LogP contribution in [0, 0.1) is 0 Å². The van der Waals surface area contributed by atoms with Gasteiger partial charge in [-0.2, -0.15) is 0 Å². The maximum absolute atomic E-state index is 11.6. The van der Waals surface area contributed by atoms with Crippen molar-refractivity contribution in [1.29, 1.82) is 0 Å². The molecule has 0 amide bonds. The van der Waals surface area contributed by atoms with Gasteiger partial charge < -0.3 is 15.0 Å². The number of nitrogens with one attached hydrogen (secondary N) is 1. The summed E-state index contributed by atoms with van der Waals surface area (Å²) in [5, 5.41) is 13.6. The molecule has 7 nitrogen and oxygen atoms in total. The molecule has 0 aliphatic rings. The molecular weight excluding hydrogens is 462 g/mol. The molecule has 7 heteroatoms. The molecule has 37 heavy (non-hydrogen) atoms. The summed E-state index contributed by atoms with van der Waals surface area (Å²) >= 11 is 0. The van der Waals surface area contributed by atoms with Crippen molar-refractivity contribution in [3.05, 3.63) is 65.0 Å². The number of anilines is 1. The lowest BCUT2D eigenvalue weighted by atomic mass is 10.1. The van der Waals surface area contributed by atoms with Gasteiger partial charge in [-0.25, -0.2) is 14.8 Å². The zero-order valence-corrected chi connectivity index (χ0v) is 23.1. The molecule has 2 heterocycles. The number of aryl methyl sites for hydroxylation is 1. The number of benzene rings is 2. The quantitative estimate of drug-likeness (QED) is 0.240. The van der Waals surface area contributed by atoms with Gasteiger partial charge in [-0.3, -0.25) is 4.90 Å². The standard InChI is InChI=1S/C28H35N5O2.C2H6/c1-5-8-9-24-31-25-26(22-15-14-21(28(34)35)16-23(22)30-27(25)29-4)33(24)18-20-12-10-19(11-13-20)17-32(6-2)7-3;1-2/h10-16H,5-9,17-18H2,1-4H3,(H,29,30)(H,34,35);1-2H3. The van der Waals surface area contributed by atoms with Crippen molar-refractivity contribution in [3.63, 3.8) is 0 Å². The highest BCUT2D eigenvalue weighted by Gasteiger charge is 2.19. The number of carboxylic acids is 1. The fraction of sp³-hybridized carbons (Fsp3) is 0.433. The van der Waals surface area contributed by atoms with Crippen LogP contribution in [0.15, 0.2) is 42.5 Å². The first-order valence-corrected chi connectivity index (χ1v) is 13.5. The van der Waals surface area contributed by atoms with Crippen molar-refractivity contribution in [2.45, 2.75) is 67.0 Å². The molecule has 4 aromatic rings. The minimum atomic E-state index is -0.957. The van der Waals surface area contributed by atoms with E-state index in [1.165, 1.54) is 11.1 Å². The number of unbranched alkanes of at least 4 members (excludes halogenated alkanes) is 1. The number of pyridine rings is 1. The number of carbonyl (C=O) groups is 1. The van der Waals surface area contributed by atoms with E-state index >= 15 is 0 Å². The normalized spacial score (nSPS) is 11.1. The maximum atomic E-state index is 11.6. The highest BCUT2D eigenvalue weighted by atomic mass is 16.4. The van der Waals surface area contributed by atoms with E-state index in [1.54, 1.807) is 12.1 Å². The van der Waals surface area contributed by atoms with E-state index < -0.39 is 5.97 Å². The van der Waals surface area contributed by atoms with Crippen molar-refractivity contribution >= 4 is 33.7 Å². The molecule has 0 saturated heterocycles. The van der Waals surface area contributed by atoms with E-state index in [0.29, 0.717) is 17.9 Å². The Morgan fingerprint density at radius 1 is 1.00 bits per heavy atom. The van der Waals surface area contributed by atoms with E-state index in [0.717, 1.165) is 61.1 Å². The van der Waals surface area contributed by atoms with Crippen LogP contribution in [0.4, 0.5) is 5.82 Å². The number of fused-ring (bicyclic) bond motifs is 3. The summed E-state index contributed by atoms with van der Waals surface area (Å²) in [6.45, 7) is 14.3. The van der Waals surface area contributed by atoms with E-state index in [-0.39, 0.29) is 5.56 Å². The zero-order chi connectivity index (χ0) is 26.9. The van der Waals surface area contributed by atoms with Crippen molar-refractivity contribution in [2.75, 3.05) is 25.5 Å². The minimum Gasteiger partial charge on any atom is -0.478 e. The van der Waals surface area contributed by atoms with Crippen LogP contribution in [0.2, 0.25) is 0 Å². The summed E-state index contributed by atoms with van der Waals surface area (Å²) in [6, 6.07) is 14.0. The third-order valence-corrected chi connectivity index (χ3v) is 6.66. The molecule has 0 aliphatic carbocycles. The molecule has 0 bridgehead atoms. The molecule has 198 valence electrons. The Labute approximate surface area is 220 Å². The third kappa shape index (κ3) is 6.28. The lowest BCUT2D eigenvalue weighted by molar-refractivity contribution is 0.0697. The molecular formula is C30H41N5O2. The van der Waals surface area contributed by atoms with Crippen LogP contribution >= 0.6 is 0 Å². The van der Waals surface area contributed by atoms with Crippen LogP contribution in [0.25, 0.3) is 21.9 Å². The van der Waals surface area contributed by atoms with Gasteiger partial charge in [0.05, 0.1) is 16.6 Å². The topological polar surface area (TPSA) is 83.3 Å². The summed E-state index contributed by atoms with van der Waals surface area (Å²) in [7, 11) is 1.83. The number of nitrogens with zero attached hydrogens (tertiary/aromatic N) is 4. The predicted octanol–water partition coefficient (Wildman–Crippen LogP) is 6.58. The summed E-state index contributed by atoms with van der Waals surface area (Å²) in [4.78, 5) is 23.7. The van der Waals surface area contributed by atoms with E-state index in [4.69, 9.17) is 9.97 Å². The van der Waals surface area contributed by atoms with Gasteiger partial charge in [0.2, 0.25) is 0 Å². The number of aromatic nitrogens is 3. The van der Waals surface area contributed by atoms with Crippen molar-refractivity contribution < 1.29 is 9.90 Å². The molecule has 0 spiro atoms. The second-order valence-electron chi connectivity index (χ2n) is 8.94. The highest BCUT2D eigenvalue weighted by Crippen LogP contribution is 2.32. The molecule has 0 fully saturated rings. The van der Waals surface area contributed by atoms with Crippen LogP contribution in [-0.2, 0) is 19.5 Å². The van der Waals surface area contributed by atoms with Crippen molar-refractivity contribution in [2.24, 2.45) is 0 Å². The largest absolute Gasteiger partial charge is 0.478 e. The van der Waals surface area contributed by atoms with Gasteiger partial charge in [-0.1, -0.05) is 65.3 Å². The van der Waals surface area contributed by atoms with E-state index in [9.17, 15) is 9.90 Å². The number of hydrogen-bond acceptors (Lipinski definition) is 5. The Morgan fingerprint density at radius 2 is 1.68 bits per heavy atom. The Hall–Kier alpha value is -3.45. The summed E-state index contributed by atoms with van der Waals surface area (Å²) < 4.78 is 2.29. The summed E-state index contributed by atoms with van der Waals surface area (Å²) in [5.41, 5.74) is 5.23. The minimum absolute atomic E-state index is 0.229. The number of aromatic carboxylic acids is 1. The molecule has 2 aromatic heterocycles. The maximum Gasteiger partial charge on any atom is 0.335 e. The van der Waals surface area contributed by atoms with Gasteiger partial charge >= 0.3 is 5.97 Å². The first kappa shape index (κ1) is 28.1. The second-order valence-corrected chi connectivity index (χ2v) is 8.94. The van der Waals surface area contributed by atoms with Gasteiger partial charge in [-0.15, -0.1) is 0 Å². The number of rotatable bonds is 11. The molecule has 2 aromatic carbocycles.